The predicted molar refractivity (Wildman–Crippen MR) is 124 cm³/mol. The van der Waals surface area contributed by atoms with Crippen LogP contribution in [0.3, 0.4) is 0 Å². The average Bonchev–Trinajstić information content (AvgIpc) is 3.24. The largest absolute Gasteiger partial charge is 0.480 e. The highest BCUT2D eigenvalue weighted by atomic mass is 32.2. The molecular weight excluding hydrogens is 464 g/mol. The summed E-state index contributed by atoms with van der Waals surface area (Å²) in [4.78, 5) is 20.4. The van der Waals surface area contributed by atoms with Crippen molar-refractivity contribution in [2.24, 2.45) is 0 Å². The number of hydrogen-bond acceptors (Lipinski definition) is 11. The monoisotopic (exact) mass is 498 g/mol. The average molecular weight is 499 g/mol. The maximum atomic E-state index is 11.8. The van der Waals surface area contributed by atoms with E-state index in [0.29, 0.717) is 49.9 Å². The van der Waals surface area contributed by atoms with Gasteiger partial charge in [0.2, 0.25) is 5.88 Å². The Morgan fingerprint density at radius 2 is 1.91 bits per heavy atom. The van der Waals surface area contributed by atoms with Gasteiger partial charge in [-0.25, -0.2) is 22.9 Å². The number of methoxy groups -OCH3 is 1. The summed E-state index contributed by atoms with van der Waals surface area (Å²) in [6.07, 6.45) is 3.52. The van der Waals surface area contributed by atoms with Gasteiger partial charge in [-0.3, -0.25) is 4.98 Å². The molecule has 0 aliphatic heterocycles. The minimum absolute atomic E-state index is 0.0715. The van der Waals surface area contributed by atoms with Crippen LogP contribution >= 0.6 is 0 Å². The molecule has 1 atom stereocenters. The molecule has 0 saturated heterocycles. The van der Waals surface area contributed by atoms with Crippen LogP contribution in [0, 0.1) is 0 Å². The number of amides is 1. The number of tetrazole rings is 1. The lowest BCUT2D eigenvalue weighted by atomic mass is 10.1. The summed E-state index contributed by atoms with van der Waals surface area (Å²) in [7, 11) is -1.58. The Hall–Kier alpha value is -2.87. The summed E-state index contributed by atoms with van der Waals surface area (Å²) in [6, 6.07) is -0.582. The Kier molecular flexibility index (Phi) is 10.1. The minimum atomic E-state index is -3.07. The first-order valence-corrected chi connectivity index (χ1v) is 12.9. The third-order valence-electron chi connectivity index (χ3n) is 4.61. The second kappa shape index (κ2) is 12.6. The van der Waals surface area contributed by atoms with Gasteiger partial charge in [-0.1, -0.05) is 6.92 Å². The highest BCUT2D eigenvalue weighted by Crippen LogP contribution is 2.24. The van der Waals surface area contributed by atoms with E-state index in [0.717, 1.165) is 0 Å². The third kappa shape index (κ3) is 8.82. The first kappa shape index (κ1) is 27.4. The quantitative estimate of drug-likeness (QED) is 0.377. The van der Waals surface area contributed by atoms with E-state index in [1.807, 2.05) is 0 Å². The standard InChI is InChI=1S/C20H34N8O5S/c1-6-34(30,31)14-8-10-21-15(16-18(32-5)23-12-11-22-16)17-25-26-27-28(17)13-7-9-24-19(29)33-20(2,3)4/h11-12,15,21H,6-10,13-14H2,1-5H3,(H,24,29). The smallest absolute Gasteiger partial charge is 0.407 e. The number of aromatic nitrogens is 6. The zero-order chi connectivity index (χ0) is 25.2. The third-order valence-corrected chi connectivity index (χ3v) is 6.40. The molecule has 1 unspecified atom stereocenters. The van der Waals surface area contributed by atoms with Crippen LogP contribution in [0.25, 0.3) is 0 Å². The van der Waals surface area contributed by atoms with Gasteiger partial charge in [0.1, 0.15) is 27.2 Å². The van der Waals surface area contributed by atoms with Crippen molar-refractivity contribution in [1.82, 2.24) is 40.8 Å². The molecule has 0 fully saturated rings. The fourth-order valence-electron chi connectivity index (χ4n) is 3.00. The number of nitrogens with zero attached hydrogens (tertiary/aromatic N) is 6. The molecule has 190 valence electrons. The molecule has 0 spiro atoms. The summed E-state index contributed by atoms with van der Waals surface area (Å²) in [5.41, 5.74) is -0.0932. The Morgan fingerprint density at radius 3 is 2.59 bits per heavy atom. The van der Waals surface area contributed by atoms with Gasteiger partial charge in [-0.05, 0) is 50.6 Å². The maximum absolute atomic E-state index is 11.8. The molecule has 0 radical (unpaired) electrons. The van der Waals surface area contributed by atoms with E-state index in [-0.39, 0.29) is 11.5 Å². The lowest BCUT2D eigenvalue weighted by molar-refractivity contribution is 0.0526. The molecule has 0 bridgehead atoms. The van der Waals surface area contributed by atoms with Crippen molar-refractivity contribution in [3.8, 4) is 5.88 Å². The molecule has 0 aromatic carbocycles. The first-order valence-electron chi connectivity index (χ1n) is 11.1. The predicted octanol–water partition coefficient (Wildman–Crippen LogP) is 0.890. The van der Waals surface area contributed by atoms with Crippen LogP contribution in [-0.4, -0.2) is 82.0 Å². The second-order valence-corrected chi connectivity index (χ2v) is 10.9. The number of sulfone groups is 1. The van der Waals surface area contributed by atoms with Crippen LogP contribution in [0.5, 0.6) is 5.88 Å². The normalized spacial score (nSPS) is 12.9. The van der Waals surface area contributed by atoms with E-state index >= 15 is 0 Å². The van der Waals surface area contributed by atoms with Crippen molar-refractivity contribution in [3.63, 3.8) is 0 Å². The van der Waals surface area contributed by atoms with Crippen molar-refractivity contribution in [3.05, 3.63) is 23.9 Å². The highest BCUT2D eigenvalue weighted by Gasteiger charge is 2.26. The van der Waals surface area contributed by atoms with Crippen molar-refractivity contribution in [1.29, 1.82) is 0 Å². The molecular formula is C20H34N8O5S. The van der Waals surface area contributed by atoms with E-state index in [2.05, 4.69) is 36.1 Å². The van der Waals surface area contributed by atoms with E-state index < -0.39 is 27.6 Å². The Labute approximate surface area is 199 Å². The zero-order valence-corrected chi connectivity index (χ0v) is 21.1. The number of ether oxygens (including phenoxy) is 2. The summed E-state index contributed by atoms with van der Waals surface area (Å²) >= 11 is 0. The number of carbonyl (C=O) groups excluding carboxylic acids is 1. The van der Waals surface area contributed by atoms with E-state index in [1.54, 1.807) is 32.4 Å². The van der Waals surface area contributed by atoms with Gasteiger partial charge in [0.15, 0.2) is 5.82 Å². The molecule has 14 heteroatoms. The number of hydrogen-bond donors (Lipinski definition) is 2. The Balaban J connectivity index is 2.09. The maximum Gasteiger partial charge on any atom is 0.407 e. The second-order valence-electron chi connectivity index (χ2n) is 8.47. The fraction of sp³-hybridized carbons (Fsp3) is 0.700. The van der Waals surface area contributed by atoms with Gasteiger partial charge in [0.05, 0.1) is 12.9 Å². The van der Waals surface area contributed by atoms with Crippen LogP contribution in [0.2, 0.25) is 0 Å². The van der Waals surface area contributed by atoms with Gasteiger partial charge in [-0.2, -0.15) is 0 Å². The fourth-order valence-corrected chi connectivity index (χ4v) is 3.87. The van der Waals surface area contributed by atoms with Gasteiger partial charge in [0, 0.05) is 31.2 Å². The number of alkyl carbamates (subject to hydrolysis) is 1. The molecule has 13 nitrogen and oxygen atoms in total. The number of rotatable bonds is 13. The van der Waals surface area contributed by atoms with E-state index in [9.17, 15) is 13.2 Å². The molecule has 1 amide bonds. The molecule has 0 aliphatic carbocycles. The molecule has 2 aromatic rings. The number of carbonyl (C=O) groups is 1. The van der Waals surface area contributed by atoms with Crippen LogP contribution in [0.4, 0.5) is 4.79 Å². The molecule has 0 saturated carbocycles. The molecule has 2 heterocycles. The van der Waals surface area contributed by atoms with Gasteiger partial charge < -0.3 is 20.1 Å². The van der Waals surface area contributed by atoms with Crippen molar-refractivity contribution < 1.29 is 22.7 Å². The topological polar surface area (TPSA) is 163 Å². The summed E-state index contributed by atoms with van der Waals surface area (Å²) in [5, 5.41) is 18.0. The van der Waals surface area contributed by atoms with Crippen LogP contribution < -0.4 is 15.4 Å². The minimum Gasteiger partial charge on any atom is -0.480 e. The molecule has 2 N–H and O–H groups in total. The van der Waals surface area contributed by atoms with E-state index in [4.69, 9.17) is 9.47 Å². The summed E-state index contributed by atoms with van der Waals surface area (Å²) < 4.78 is 35.8. The van der Waals surface area contributed by atoms with Crippen LogP contribution in [0.15, 0.2) is 12.4 Å². The Bertz CT molecular complexity index is 1020. The number of aryl methyl sites for hydroxylation is 1. The summed E-state index contributed by atoms with van der Waals surface area (Å²) in [5.74, 6) is 0.947. The molecule has 0 aliphatic rings. The molecule has 34 heavy (non-hydrogen) atoms. The van der Waals surface area contributed by atoms with E-state index in [1.165, 1.54) is 19.5 Å². The van der Waals surface area contributed by atoms with Crippen LogP contribution in [0.1, 0.15) is 58.1 Å². The Morgan fingerprint density at radius 1 is 1.18 bits per heavy atom. The highest BCUT2D eigenvalue weighted by molar-refractivity contribution is 7.91. The lowest BCUT2D eigenvalue weighted by Crippen LogP contribution is -2.33. The zero-order valence-electron chi connectivity index (χ0n) is 20.3. The number of nitrogens with one attached hydrogen (secondary N) is 2. The van der Waals surface area contributed by atoms with Gasteiger partial charge in [0.25, 0.3) is 0 Å². The lowest BCUT2D eigenvalue weighted by Gasteiger charge is -2.20. The van der Waals surface area contributed by atoms with Crippen molar-refractivity contribution >= 4 is 15.9 Å². The van der Waals surface area contributed by atoms with Crippen LogP contribution in [-0.2, 0) is 21.1 Å². The van der Waals surface area contributed by atoms with Gasteiger partial charge >= 0.3 is 6.09 Å². The molecule has 2 aromatic heterocycles. The molecule has 2 rings (SSSR count). The first-order chi connectivity index (χ1) is 16.1. The SMILES string of the molecule is CCS(=O)(=O)CCCNC(c1nccnc1OC)c1nnnn1CCCNC(=O)OC(C)(C)C. The van der Waals surface area contributed by atoms with Gasteiger partial charge in [-0.15, -0.1) is 5.10 Å². The summed E-state index contributed by atoms with van der Waals surface area (Å²) in [6.45, 7) is 8.19. The van der Waals surface area contributed by atoms with Crippen molar-refractivity contribution in [2.45, 2.75) is 58.7 Å². The van der Waals surface area contributed by atoms with Crippen molar-refractivity contribution in [2.75, 3.05) is 31.7 Å².